The third-order valence-corrected chi connectivity index (χ3v) is 5.44. The zero-order valence-corrected chi connectivity index (χ0v) is 16.5. The molecule has 4 aromatic rings. The summed E-state index contributed by atoms with van der Waals surface area (Å²) in [6.45, 7) is 1.63. The molecule has 0 bridgehead atoms. The van der Waals surface area contributed by atoms with E-state index in [1.54, 1.807) is 12.4 Å². The standard InChI is InChI=1S/C22H22N6O2/c1-2-16(11-20-19(4-7-23-27-20)18-13-24-25-14-18)10-17(3-1)22-26-21(30-28-22)12-15-5-8-29-9-6-15/h1-4,7,10,13-15H,5-6,8-9,11-12H2,(H,24,25). The summed E-state index contributed by atoms with van der Waals surface area (Å²) in [4.78, 5) is 4.62. The monoisotopic (exact) mass is 402 g/mol. The molecule has 1 fully saturated rings. The molecule has 5 rings (SSSR count). The number of rotatable bonds is 6. The van der Waals surface area contributed by atoms with Gasteiger partial charge < -0.3 is 9.26 Å². The van der Waals surface area contributed by atoms with Crippen LogP contribution in [0.25, 0.3) is 22.5 Å². The van der Waals surface area contributed by atoms with Gasteiger partial charge in [-0.3, -0.25) is 5.10 Å². The first-order valence-corrected chi connectivity index (χ1v) is 10.1. The van der Waals surface area contributed by atoms with Gasteiger partial charge in [-0.1, -0.05) is 23.4 Å². The van der Waals surface area contributed by atoms with Crippen molar-refractivity contribution >= 4 is 0 Å². The van der Waals surface area contributed by atoms with Gasteiger partial charge in [0.25, 0.3) is 0 Å². The zero-order valence-electron chi connectivity index (χ0n) is 16.5. The van der Waals surface area contributed by atoms with E-state index in [1.165, 1.54) is 0 Å². The Hall–Kier alpha value is -3.39. The fourth-order valence-electron chi connectivity index (χ4n) is 3.82. The molecule has 0 aliphatic carbocycles. The molecule has 1 aliphatic heterocycles. The number of benzene rings is 1. The van der Waals surface area contributed by atoms with Crippen LogP contribution in [0.3, 0.4) is 0 Å². The molecule has 0 radical (unpaired) electrons. The highest BCUT2D eigenvalue weighted by Crippen LogP contribution is 2.25. The first-order chi connectivity index (χ1) is 14.8. The highest BCUT2D eigenvalue weighted by molar-refractivity contribution is 5.64. The Kier molecular flexibility index (Phi) is 5.30. The molecular weight excluding hydrogens is 380 g/mol. The van der Waals surface area contributed by atoms with Crippen molar-refractivity contribution in [3.05, 3.63) is 66.1 Å². The molecule has 3 aromatic heterocycles. The Bertz CT molecular complexity index is 1100. The largest absolute Gasteiger partial charge is 0.381 e. The van der Waals surface area contributed by atoms with Crippen LogP contribution in [0, 0.1) is 5.92 Å². The molecule has 0 unspecified atom stereocenters. The SMILES string of the molecule is c1cc(Cc2nnccc2-c2cn[nH]c2)cc(-c2noc(CC3CCOCC3)n2)c1. The van der Waals surface area contributed by atoms with Gasteiger partial charge in [0.15, 0.2) is 0 Å². The Morgan fingerprint density at radius 2 is 2.03 bits per heavy atom. The minimum absolute atomic E-state index is 0.552. The number of aromatic nitrogens is 6. The predicted octanol–water partition coefficient (Wildman–Crippen LogP) is 3.48. The van der Waals surface area contributed by atoms with Crippen molar-refractivity contribution in [3.63, 3.8) is 0 Å². The molecule has 152 valence electrons. The molecular formula is C22H22N6O2. The minimum Gasteiger partial charge on any atom is -0.381 e. The molecule has 1 saturated heterocycles. The Balaban J connectivity index is 1.34. The number of hydrogen-bond acceptors (Lipinski definition) is 7. The van der Waals surface area contributed by atoms with Gasteiger partial charge >= 0.3 is 0 Å². The van der Waals surface area contributed by atoms with E-state index in [0.29, 0.717) is 24.1 Å². The molecule has 0 amide bonds. The van der Waals surface area contributed by atoms with E-state index >= 15 is 0 Å². The van der Waals surface area contributed by atoms with Crippen molar-refractivity contribution in [2.24, 2.45) is 5.92 Å². The summed E-state index contributed by atoms with van der Waals surface area (Å²) in [6, 6.07) is 10.1. The molecule has 1 aliphatic rings. The lowest BCUT2D eigenvalue weighted by Crippen LogP contribution is -2.17. The second-order valence-corrected chi connectivity index (χ2v) is 7.53. The second-order valence-electron chi connectivity index (χ2n) is 7.53. The summed E-state index contributed by atoms with van der Waals surface area (Å²) in [6.07, 6.45) is 8.89. The highest BCUT2D eigenvalue weighted by atomic mass is 16.5. The molecule has 0 spiro atoms. The lowest BCUT2D eigenvalue weighted by molar-refractivity contribution is 0.0642. The summed E-state index contributed by atoms with van der Waals surface area (Å²) < 4.78 is 10.9. The van der Waals surface area contributed by atoms with Gasteiger partial charge in [0.05, 0.1) is 18.1 Å². The van der Waals surface area contributed by atoms with E-state index < -0.39 is 0 Å². The summed E-state index contributed by atoms with van der Waals surface area (Å²) in [7, 11) is 0. The van der Waals surface area contributed by atoms with Crippen LogP contribution in [0.1, 0.15) is 30.0 Å². The lowest BCUT2D eigenvalue weighted by atomic mass is 9.97. The van der Waals surface area contributed by atoms with Crippen molar-refractivity contribution in [3.8, 4) is 22.5 Å². The zero-order chi connectivity index (χ0) is 20.2. The lowest BCUT2D eigenvalue weighted by Gasteiger charge is -2.19. The third kappa shape index (κ3) is 4.13. The molecule has 4 heterocycles. The normalized spacial score (nSPS) is 14.8. The first-order valence-electron chi connectivity index (χ1n) is 10.1. The van der Waals surface area contributed by atoms with Crippen LogP contribution in [0.4, 0.5) is 0 Å². The van der Waals surface area contributed by atoms with Crippen LogP contribution >= 0.6 is 0 Å². The number of nitrogens with zero attached hydrogens (tertiary/aromatic N) is 5. The number of aromatic amines is 1. The van der Waals surface area contributed by atoms with Crippen LogP contribution in [0.5, 0.6) is 0 Å². The maximum Gasteiger partial charge on any atom is 0.227 e. The number of nitrogens with one attached hydrogen (secondary N) is 1. The van der Waals surface area contributed by atoms with Gasteiger partial charge in [0, 0.05) is 48.9 Å². The third-order valence-electron chi connectivity index (χ3n) is 5.44. The average Bonchev–Trinajstić information content (AvgIpc) is 3.48. The molecule has 1 aromatic carbocycles. The Morgan fingerprint density at radius 3 is 2.90 bits per heavy atom. The van der Waals surface area contributed by atoms with Crippen molar-refractivity contribution in [2.75, 3.05) is 13.2 Å². The summed E-state index contributed by atoms with van der Waals surface area (Å²) >= 11 is 0. The van der Waals surface area contributed by atoms with E-state index in [0.717, 1.165) is 60.4 Å². The first kappa shape index (κ1) is 18.6. The quantitative estimate of drug-likeness (QED) is 0.527. The van der Waals surface area contributed by atoms with Gasteiger partial charge in [0.1, 0.15) is 0 Å². The van der Waals surface area contributed by atoms with E-state index in [1.807, 2.05) is 24.4 Å². The van der Waals surface area contributed by atoms with Crippen LogP contribution in [0.15, 0.2) is 53.4 Å². The van der Waals surface area contributed by atoms with Gasteiger partial charge in [-0.15, -0.1) is 0 Å². The van der Waals surface area contributed by atoms with Crippen molar-refractivity contribution in [2.45, 2.75) is 25.7 Å². The molecule has 30 heavy (non-hydrogen) atoms. The van der Waals surface area contributed by atoms with Gasteiger partial charge in [-0.05, 0) is 36.5 Å². The summed E-state index contributed by atoms with van der Waals surface area (Å²) in [5, 5.41) is 19.5. The highest BCUT2D eigenvalue weighted by Gasteiger charge is 2.18. The van der Waals surface area contributed by atoms with Gasteiger partial charge in [-0.2, -0.15) is 20.3 Å². The van der Waals surface area contributed by atoms with Crippen LogP contribution in [-0.4, -0.2) is 43.7 Å². The summed E-state index contributed by atoms with van der Waals surface area (Å²) in [5.74, 6) is 1.86. The minimum atomic E-state index is 0.552. The molecule has 1 N–H and O–H groups in total. The van der Waals surface area contributed by atoms with E-state index in [2.05, 4.69) is 42.7 Å². The second kappa shape index (κ2) is 8.54. The fourth-order valence-corrected chi connectivity index (χ4v) is 3.82. The Morgan fingerprint density at radius 1 is 1.10 bits per heavy atom. The van der Waals surface area contributed by atoms with Crippen molar-refractivity contribution in [1.29, 1.82) is 0 Å². The van der Waals surface area contributed by atoms with Crippen LogP contribution < -0.4 is 0 Å². The average molecular weight is 402 g/mol. The van der Waals surface area contributed by atoms with Crippen LogP contribution in [0.2, 0.25) is 0 Å². The fraction of sp³-hybridized carbons (Fsp3) is 0.318. The Labute approximate surface area is 173 Å². The van der Waals surface area contributed by atoms with Gasteiger partial charge in [0.2, 0.25) is 11.7 Å². The number of ether oxygens (including phenoxy) is 1. The maximum absolute atomic E-state index is 5.51. The van der Waals surface area contributed by atoms with E-state index in [-0.39, 0.29) is 0 Å². The van der Waals surface area contributed by atoms with Gasteiger partial charge in [-0.25, -0.2) is 0 Å². The number of hydrogen-bond donors (Lipinski definition) is 1. The maximum atomic E-state index is 5.51. The molecule has 8 nitrogen and oxygen atoms in total. The van der Waals surface area contributed by atoms with Crippen LogP contribution in [-0.2, 0) is 17.6 Å². The predicted molar refractivity (Wildman–Crippen MR) is 109 cm³/mol. The molecule has 0 atom stereocenters. The molecule has 0 saturated carbocycles. The number of H-pyrrole nitrogens is 1. The van der Waals surface area contributed by atoms with Crippen molar-refractivity contribution in [1.82, 2.24) is 30.5 Å². The van der Waals surface area contributed by atoms with Crippen molar-refractivity contribution < 1.29 is 9.26 Å². The van der Waals surface area contributed by atoms with E-state index in [4.69, 9.17) is 9.26 Å². The molecule has 8 heteroatoms. The van der Waals surface area contributed by atoms with E-state index in [9.17, 15) is 0 Å². The topological polar surface area (TPSA) is 103 Å². The smallest absolute Gasteiger partial charge is 0.227 e. The summed E-state index contributed by atoms with van der Waals surface area (Å²) in [5.41, 5.74) is 4.94.